The number of nitrogens with zero attached hydrogens (tertiary/aromatic N) is 3. The van der Waals surface area contributed by atoms with E-state index in [4.69, 9.17) is 21.3 Å². The highest BCUT2D eigenvalue weighted by atomic mass is 35.5. The lowest BCUT2D eigenvalue weighted by Crippen LogP contribution is -2.37. The largest absolute Gasteiger partial charge is 0.378 e. The van der Waals surface area contributed by atoms with E-state index in [1.54, 1.807) is 0 Å². The van der Waals surface area contributed by atoms with Gasteiger partial charge in [0.15, 0.2) is 0 Å². The van der Waals surface area contributed by atoms with Gasteiger partial charge in [-0.1, -0.05) is 29.8 Å². The van der Waals surface area contributed by atoms with Crippen LogP contribution in [0.25, 0.3) is 10.9 Å². The first-order valence-corrected chi connectivity index (χ1v) is 8.29. The number of nitrogens with one attached hydrogen (secondary N) is 1. The van der Waals surface area contributed by atoms with E-state index in [2.05, 4.69) is 21.3 Å². The van der Waals surface area contributed by atoms with Gasteiger partial charge in [0, 0.05) is 29.2 Å². The van der Waals surface area contributed by atoms with Crippen LogP contribution in [0.3, 0.4) is 0 Å². The lowest BCUT2D eigenvalue weighted by Gasteiger charge is -2.29. The minimum Gasteiger partial charge on any atom is -0.378 e. The van der Waals surface area contributed by atoms with Crippen LogP contribution < -0.4 is 10.2 Å². The summed E-state index contributed by atoms with van der Waals surface area (Å²) < 4.78 is 5.46. The second-order valence-corrected chi connectivity index (χ2v) is 6.06. The number of benzene rings is 2. The van der Waals surface area contributed by atoms with E-state index in [1.165, 1.54) is 0 Å². The Morgan fingerprint density at radius 3 is 2.67 bits per heavy atom. The summed E-state index contributed by atoms with van der Waals surface area (Å²) >= 11 is 6.06. The zero-order valence-corrected chi connectivity index (χ0v) is 13.8. The summed E-state index contributed by atoms with van der Waals surface area (Å²) in [7, 11) is 0. The van der Waals surface area contributed by atoms with Gasteiger partial charge < -0.3 is 15.0 Å². The van der Waals surface area contributed by atoms with Crippen LogP contribution >= 0.6 is 11.6 Å². The Morgan fingerprint density at radius 2 is 1.83 bits per heavy atom. The molecule has 0 spiro atoms. The van der Waals surface area contributed by atoms with Crippen molar-refractivity contribution in [1.29, 1.82) is 0 Å². The molecule has 0 amide bonds. The van der Waals surface area contributed by atoms with Crippen molar-refractivity contribution in [1.82, 2.24) is 9.97 Å². The molecular formula is C18H17ClN4O. The molecule has 0 radical (unpaired) electrons. The molecule has 2 aromatic carbocycles. The number of rotatable bonds is 3. The number of anilines is 3. The van der Waals surface area contributed by atoms with Crippen LogP contribution in [0.15, 0.2) is 48.5 Å². The normalized spacial score (nSPS) is 14.8. The molecule has 1 saturated heterocycles. The van der Waals surface area contributed by atoms with Gasteiger partial charge in [0.2, 0.25) is 5.95 Å². The quantitative estimate of drug-likeness (QED) is 0.784. The highest BCUT2D eigenvalue weighted by Crippen LogP contribution is 2.27. The first-order chi connectivity index (χ1) is 11.8. The third kappa shape index (κ3) is 3.13. The van der Waals surface area contributed by atoms with Gasteiger partial charge >= 0.3 is 0 Å². The summed E-state index contributed by atoms with van der Waals surface area (Å²) in [5.41, 5.74) is 1.78. The van der Waals surface area contributed by atoms with Crippen molar-refractivity contribution in [3.8, 4) is 0 Å². The first-order valence-electron chi connectivity index (χ1n) is 7.92. The van der Waals surface area contributed by atoms with Gasteiger partial charge in [-0.05, 0) is 30.3 Å². The first kappa shape index (κ1) is 15.2. The molecule has 1 N–H and O–H groups in total. The number of aromatic nitrogens is 2. The summed E-state index contributed by atoms with van der Waals surface area (Å²) in [4.78, 5) is 11.6. The van der Waals surface area contributed by atoms with E-state index < -0.39 is 0 Å². The number of hydrogen-bond donors (Lipinski definition) is 1. The minimum absolute atomic E-state index is 0.567. The van der Waals surface area contributed by atoms with Gasteiger partial charge in [-0.2, -0.15) is 4.98 Å². The predicted octanol–water partition coefficient (Wildman–Crippen LogP) is 3.86. The summed E-state index contributed by atoms with van der Waals surface area (Å²) in [5.74, 6) is 1.51. The van der Waals surface area contributed by atoms with Crippen LogP contribution in [0, 0.1) is 0 Å². The SMILES string of the molecule is Clc1cccc(Nc2nc(N3CCOCC3)c3ccccc3n2)c1. The topological polar surface area (TPSA) is 50.3 Å². The van der Waals surface area contributed by atoms with E-state index in [-0.39, 0.29) is 0 Å². The number of ether oxygens (including phenoxy) is 1. The van der Waals surface area contributed by atoms with Gasteiger partial charge in [-0.25, -0.2) is 4.98 Å². The van der Waals surface area contributed by atoms with Gasteiger partial charge in [-0.3, -0.25) is 0 Å². The second-order valence-electron chi connectivity index (χ2n) is 5.62. The third-order valence-electron chi connectivity index (χ3n) is 3.97. The zero-order chi connectivity index (χ0) is 16.4. The average molecular weight is 341 g/mol. The summed E-state index contributed by atoms with van der Waals surface area (Å²) in [5, 5.41) is 4.98. The van der Waals surface area contributed by atoms with Gasteiger partial charge in [-0.15, -0.1) is 0 Å². The molecular weight excluding hydrogens is 324 g/mol. The smallest absolute Gasteiger partial charge is 0.229 e. The molecule has 1 aliphatic rings. The molecule has 3 aromatic rings. The van der Waals surface area contributed by atoms with Crippen molar-refractivity contribution in [3.05, 3.63) is 53.6 Å². The second kappa shape index (κ2) is 6.63. The number of morpholine rings is 1. The molecule has 0 saturated carbocycles. The Morgan fingerprint density at radius 1 is 1.00 bits per heavy atom. The number of fused-ring (bicyclic) bond motifs is 1. The zero-order valence-electron chi connectivity index (χ0n) is 13.1. The summed E-state index contributed by atoms with van der Waals surface area (Å²) in [6.07, 6.45) is 0. The van der Waals surface area contributed by atoms with Crippen molar-refractivity contribution in [2.45, 2.75) is 0 Å². The van der Waals surface area contributed by atoms with Crippen molar-refractivity contribution >= 4 is 40.0 Å². The molecule has 0 atom stereocenters. The van der Waals surface area contributed by atoms with Crippen LogP contribution in [0.5, 0.6) is 0 Å². The molecule has 2 heterocycles. The van der Waals surface area contributed by atoms with Crippen molar-refractivity contribution < 1.29 is 4.74 Å². The van der Waals surface area contributed by atoms with E-state index in [9.17, 15) is 0 Å². The fourth-order valence-corrected chi connectivity index (χ4v) is 3.02. The third-order valence-corrected chi connectivity index (χ3v) is 4.21. The number of halogens is 1. The minimum atomic E-state index is 0.567. The fraction of sp³-hybridized carbons (Fsp3) is 0.222. The van der Waals surface area contributed by atoms with Crippen LogP contribution in [0.4, 0.5) is 17.5 Å². The molecule has 5 nitrogen and oxygen atoms in total. The van der Waals surface area contributed by atoms with Gasteiger partial charge in [0.25, 0.3) is 0 Å². The maximum absolute atomic E-state index is 6.06. The fourth-order valence-electron chi connectivity index (χ4n) is 2.83. The Kier molecular flexibility index (Phi) is 4.19. The Labute approximate surface area is 145 Å². The maximum atomic E-state index is 6.06. The van der Waals surface area contributed by atoms with E-state index in [1.807, 2.05) is 42.5 Å². The Balaban J connectivity index is 1.76. The lowest BCUT2D eigenvalue weighted by molar-refractivity contribution is 0.122. The molecule has 0 unspecified atom stereocenters. The molecule has 1 aliphatic heterocycles. The Bertz CT molecular complexity index is 865. The van der Waals surface area contributed by atoms with E-state index >= 15 is 0 Å². The van der Waals surface area contributed by atoms with Crippen LogP contribution in [0.1, 0.15) is 0 Å². The predicted molar refractivity (Wildman–Crippen MR) is 97.3 cm³/mol. The number of para-hydroxylation sites is 1. The van der Waals surface area contributed by atoms with Crippen LogP contribution in [0.2, 0.25) is 5.02 Å². The van der Waals surface area contributed by atoms with Crippen LogP contribution in [-0.4, -0.2) is 36.3 Å². The Hall–Kier alpha value is -2.37. The molecule has 0 bridgehead atoms. The van der Waals surface area contributed by atoms with E-state index in [0.717, 1.165) is 48.7 Å². The molecule has 24 heavy (non-hydrogen) atoms. The van der Waals surface area contributed by atoms with Crippen LogP contribution in [-0.2, 0) is 4.74 Å². The van der Waals surface area contributed by atoms with Crippen molar-refractivity contribution in [3.63, 3.8) is 0 Å². The molecule has 4 rings (SSSR count). The molecule has 122 valence electrons. The van der Waals surface area contributed by atoms with Crippen molar-refractivity contribution in [2.75, 3.05) is 36.5 Å². The molecule has 0 aliphatic carbocycles. The highest BCUT2D eigenvalue weighted by Gasteiger charge is 2.17. The monoisotopic (exact) mass is 340 g/mol. The standard InChI is InChI=1S/C18H17ClN4O/c19-13-4-3-5-14(12-13)20-18-21-16-7-2-1-6-15(16)17(22-18)23-8-10-24-11-9-23/h1-7,12H,8-11H2,(H,20,21,22). The summed E-state index contributed by atoms with van der Waals surface area (Å²) in [6.45, 7) is 3.10. The van der Waals surface area contributed by atoms with E-state index in [0.29, 0.717) is 11.0 Å². The lowest BCUT2D eigenvalue weighted by atomic mass is 10.2. The van der Waals surface area contributed by atoms with Gasteiger partial charge in [0.1, 0.15) is 5.82 Å². The summed E-state index contributed by atoms with van der Waals surface area (Å²) in [6, 6.07) is 15.6. The average Bonchev–Trinajstić information content (AvgIpc) is 2.62. The number of hydrogen-bond acceptors (Lipinski definition) is 5. The maximum Gasteiger partial charge on any atom is 0.229 e. The van der Waals surface area contributed by atoms with Gasteiger partial charge in [0.05, 0.1) is 18.7 Å². The highest BCUT2D eigenvalue weighted by molar-refractivity contribution is 6.30. The molecule has 6 heteroatoms. The molecule has 1 aromatic heterocycles. The molecule has 1 fully saturated rings. The van der Waals surface area contributed by atoms with Crippen molar-refractivity contribution in [2.24, 2.45) is 0 Å².